The molecule has 0 atom stereocenters. The summed E-state index contributed by atoms with van der Waals surface area (Å²) in [5, 5.41) is 24.6. The highest BCUT2D eigenvalue weighted by molar-refractivity contribution is 6.38. The zero-order valence-corrected chi connectivity index (χ0v) is 52.4. The van der Waals surface area contributed by atoms with Crippen LogP contribution < -0.4 is 0 Å². The summed E-state index contributed by atoms with van der Waals surface area (Å²) in [6.07, 6.45) is 5.89. The Morgan fingerprint density at radius 2 is 0.643 bits per heavy atom. The molecule has 450 valence electrons. The van der Waals surface area contributed by atoms with Gasteiger partial charge >= 0.3 is 0 Å². The first-order valence-corrected chi connectivity index (χ1v) is 33.7. The Balaban J connectivity index is 0.718. The van der Waals surface area contributed by atoms with Crippen molar-refractivity contribution in [2.24, 2.45) is 0 Å². The van der Waals surface area contributed by atoms with Gasteiger partial charge in [-0.2, -0.15) is 0 Å². The Kier molecular flexibility index (Phi) is 9.57. The Labute approximate surface area is 556 Å². The smallest absolute Gasteiger partial charge is 0.146 e. The maximum absolute atomic E-state index is 5.34. The largest absolute Gasteiger partial charge is 0.309 e. The van der Waals surface area contributed by atoms with Crippen LogP contribution >= 0.6 is 0 Å². The number of benzene rings is 14. The van der Waals surface area contributed by atoms with Gasteiger partial charge in [-0.05, 0) is 160 Å². The zero-order valence-electron chi connectivity index (χ0n) is 52.4. The molecule has 0 aliphatic carbocycles. The molecule has 8 nitrogen and oxygen atoms in total. The van der Waals surface area contributed by atoms with Crippen molar-refractivity contribution in [3.8, 4) is 33.9 Å². The highest BCUT2D eigenvalue weighted by Gasteiger charge is 2.29. The monoisotopic (exact) mass is 1240 g/mol. The molecule has 0 N–H and O–H groups in total. The van der Waals surface area contributed by atoms with Gasteiger partial charge in [0.25, 0.3) is 0 Å². The third-order valence-electron chi connectivity index (χ3n) is 22.1. The maximum Gasteiger partial charge on any atom is 0.146 e. The van der Waals surface area contributed by atoms with Crippen molar-refractivity contribution in [1.29, 1.82) is 0 Å². The van der Waals surface area contributed by atoms with Crippen molar-refractivity contribution in [3.63, 3.8) is 0 Å². The zero-order chi connectivity index (χ0) is 63.3. The predicted octanol–water partition coefficient (Wildman–Crippen LogP) is 23.1. The van der Waals surface area contributed by atoms with Crippen LogP contribution in [0.1, 0.15) is 0 Å². The van der Waals surface area contributed by atoms with E-state index < -0.39 is 0 Å². The van der Waals surface area contributed by atoms with E-state index in [0.29, 0.717) is 0 Å². The minimum absolute atomic E-state index is 0.913. The molecular weight excluding hydrogens is 1190 g/mol. The fourth-order valence-electron chi connectivity index (χ4n) is 18.3. The minimum atomic E-state index is 0.913. The number of fused-ring (bicyclic) bond motifs is 30. The first-order chi connectivity index (χ1) is 48.7. The van der Waals surface area contributed by atoms with Crippen LogP contribution in [0.5, 0.6) is 0 Å². The number of rotatable bonds is 5. The van der Waals surface area contributed by atoms with E-state index in [1.54, 1.807) is 0 Å². The fourth-order valence-corrected chi connectivity index (χ4v) is 18.3. The Bertz CT molecular complexity index is 7600. The lowest BCUT2D eigenvalue weighted by Crippen LogP contribution is -1.98. The Morgan fingerprint density at radius 3 is 1.21 bits per heavy atom. The molecule has 24 aromatic rings. The number of hydrogen-bond donors (Lipinski definition) is 0. The predicted molar refractivity (Wildman–Crippen MR) is 409 cm³/mol. The van der Waals surface area contributed by atoms with Crippen LogP contribution in [0.25, 0.3) is 219 Å². The van der Waals surface area contributed by atoms with Crippen LogP contribution in [0.4, 0.5) is 0 Å². The summed E-state index contributed by atoms with van der Waals surface area (Å²) >= 11 is 0. The molecule has 0 fully saturated rings. The number of hydrogen-bond acceptors (Lipinski definition) is 2. The molecule has 0 unspecified atom stereocenters. The van der Waals surface area contributed by atoms with Crippen LogP contribution in [0.15, 0.2) is 304 Å². The summed E-state index contributed by atoms with van der Waals surface area (Å²) in [7, 11) is 0. The average Bonchev–Trinajstić information content (AvgIpc) is 1.52. The van der Waals surface area contributed by atoms with Gasteiger partial charge in [0.2, 0.25) is 0 Å². The number of para-hydroxylation sites is 6. The molecule has 10 heterocycles. The first-order valence-electron chi connectivity index (χ1n) is 33.7. The van der Waals surface area contributed by atoms with Gasteiger partial charge in [-0.1, -0.05) is 158 Å². The van der Waals surface area contributed by atoms with Crippen LogP contribution in [0.3, 0.4) is 0 Å². The summed E-state index contributed by atoms with van der Waals surface area (Å²) in [4.78, 5) is 9.95. The average molecular weight is 1240 g/mol. The highest BCUT2D eigenvalue weighted by Crippen LogP contribution is 2.51. The highest BCUT2D eigenvalue weighted by atomic mass is 15.1. The third-order valence-corrected chi connectivity index (χ3v) is 22.1. The van der Waals surface area contributed by atoms with Gasteiger partial charge in [-0.25, -0.2) is 4.98 Å². The van der Waals surface area contributed by atoms with Gasteiger partial charge in [-0.3, -0.25) is 9.55 Å². The van der Waals surface area contributed by atoms with E-state index in [2.05, 4.69) is 317 Å². The van der Waals surface area contributed by atoms with Crippen LogP contribution in [0, 0.1) is 0 Å². The molecule has 0 amide bonds. The van der Waals surface area contributed by atoms with Gasteiger partial charge in [0.05, 0.1) is 77.9 Å². The molecule has 0 saturated heterocycles. The van der Waals surface area contributed by atoms with E-state index >= 15 is 0 Å². The van der Waals surface area contributed by atoms with E-state index in [0.717, 1.165) is 72.4 Å². The van der Waals surface area contributed by atoms with E-state index in [4.69, 9.17) is 4.98 Å². The number of aromatic nitrogens is 8. The molecule has 8 heteroatoms. The summed E-state index contributed by atoms with van der Waals surface area (Å²) in [6.45, 7) is 0. The van der Waals surface area contributed by atoms with Gasteiger partial charge in [0.1, 0.15) is 5.65 Å². The molecule has 0 saturated carbocycles. The van der Waals surface area contributed by atoms with E-state index in [1.165, 1.54) is 147 Å². The van der Waals surface area contributed by atoms with Crippen molar-refractivity contribution in [2.75, 3.05) is 0 Å². The molecule has 24 rings (SSSR count). The second-order valence-corrected chi connectivity index (χ2v) is 26.8. The summed E-state index contributed by atoms with van der Waals surface area (Å²) in [5.74, 6) is 0. The van der Waals surface area contributed by atoms with Gasteiger partial charge in [-0.15, -0.1) is 0 Å². The normalized spacial score (nSPS) is 12.7. The standard InChI is InChI=1S/C90H50N8/c1-2-16-58-51(15-1)31-41-78-81(58)70-48-68-61-18-4-10-24-73(61)97-76-27-13-7-21-65(76)84(86(68)97)88(70)94(78)56-37-39-57(40-38-56)96-75-26-12-6-20-64(75)83-59(44-46-92-90(83)96)53-30-29-52-32-42-79-82(67(52)47-53)71-49-69-62-19-5-11-25-74(62)98-77-28-14-8-22-66(77)85(87(69)98)89(71)95(79)55-35-33-54(34-36-55)93-72-23-9-3-17-60(72)63-43-45-91-50-80(63)93/h1-50H. The fraction of sp³-hybridized carbons (Fsp3) is 0. The quantitative estimate of drug-likeness (QED) is 0.172. The molecule has 0 radical (unpaired) electrons. The summed E-state index contributed by atoms with van der Waals surface area (Å²) in [6, 6.07) is 106. The van der Waals surface area contributed by atoms with E-state index in [1.807, 2.05) is 18.6 Å². The van der Waals surface area contributed by atoms with E-state index in [-0.39, 0.29) is 0 Å². The first kappa shape index (κ1) is 51.2. The van der Waals surface area contributed by atoms with Crippen molar-refractivity contribution in [1.82, 2.24) is 37.0 Å². The van der Waals surface area contributed by atoms with Gasteiger partial charge < -0.3 is 22.5 Å². The summed E-state index contributed by atoms with van der Waals surface area (Å²) < 4.78 is 14.8. The lowest BCUT2D eigenvalue weighted by molar-refractivity contribution is 1.12. The van der Waals surface area contributed by atoms with Crippen LogP contribution in [-0.4, -0.2) is 37.0 Å². The molecule has 14 aromatic carbocycles. The Hall–Kier alpha value is -13.3. The van der Waals surface area contributed by atoms with Crippen LogP contribution in [-0.2, 0) is 0 Å². The Morgan fingerprint density at radius 1 is 0.224 bits per heavy atom. The lowest BCUT2D eigenvalue weighted by Gasteiger charge is -2.13. The molecular formula is C90H50N8. The van der Waals surface area contributed by atoms with E-state index in [9.17, 15) is 0 Å². The van der Waals surface area contributed by atoms with Crippen molar-refractivity contribution in [2.45, 2.75) is 0 Å². The second-order valence-electron chi connectivity index (χ2n) is 26.8. The molecule has 0 spiro atoms. The molecule has 0 aliphatic rings. The van der Waals surface area contributed by atoms with Gasteiger partial charge in [0.15, 0.2) is 0 Å². The number of nitrogens with zero attached hydrogens (tertiary/aromatic N) is 8. The molecule has 0 aliphatic heterocycles. The maximum atomic E-state index is 5.34. The third kappa shape index (κ3) is 6.31. The van der Waals surface area contributed by atoms with Crippen molar-refractivity contribution < 1.29 is 0 Å². The molecule has 98 heavy (non-hydrogen) atoms. The van der Waals surface area contributed by atoms with Crippen molar-refractivity contribution >= 4 is 185 Å². The SMILES string of the molecule is c1ccc2c(c1)ccc1c2c2cc3c4ccccc4n4c5ccccc5c(c2n1-c1ccc(-n2c5ccccc5c5c(-c6ccc7ccc8c(c7c6)c6cc7c9ccccc9n9c%10ccccc%10c(c6n8-c6ccc(-n8c%10ccccc%10c%10ccncc%108)cc6)c79)ccnc52)cc1)c34. The van der Waals surface area contributed by atoms with Gasteiger partial charge in [0, 0.05) is 121 Å². The lowest BCUT2D eigenvalue weighted by atomic mass is 9.95. The summed E-state index contributed by atoms with van der Waals surface area (Å²) in [5.41, 5.74) is 23.0. The second kappa shape index (κ2) is 18.3. The number of pyridine rings is 2. The van der Waals surface area contributed by atoms with Crippen LogP contribution in [0.2, 0.25) is 0 Å². The minimum Gasteiger partial charge on any atom is -0.309 e. The molecule has 10 aromatic heterocycles. The van der Waals surface area contributed by atoms with Crippen molar-refractivity contribution in [3.05, 3.63) is 304 Å². The molecule has 0 bridgehead atoms. The topological polar surface area (TPSA) is 54.3 Å².